The van der Waals surface area contributed by atoms with Crippen molar-refractivity contribution in [2.45, 2.75) is 26.3 Å². The van der Waals surface area contributed by atoms with Crippen LogP contribution in [0.25, 0.3) is 0 Å². The summed E-state index contributed by atoms with van der Waals surface area (Å²) in [7, 11) is 3.92. The van der Waals surface area contributed by atoms with E-state index in [1.165, 1.54) is 0 Å². The molecule has 0 radical (unpaired) electrons. The van der Waals surface area contributed by atoms with E-state index in [2.05, 4.69) is 10.6 Å². The van der Waals surface area contributed by atoms with E-state index < -0.39 is 5.97 Å². The van der Waals surface area contributed by atoms with Crippen LogP contribution in [0.1, 0.15) is 20.3 Å². The molecule has 0 aromatic rings. The number of nitrogens with one attached hydrogen (secondary N) is 2. The van der Waals surface area contributed by atoms with Gasteiger partial charge in [0.1, 0.15) is 0 Å². The normalized spacial score (nSPS) is 12.5. The average Bonchev–Trinajstić information content (AvgIpc) is 2.31. The summed E-state index contributed by atoms with van der Waals surface area (Å²) in [6.07, 6.45) is -0.0789. The molecule has 0 fully saturated rings. The van der Waals surface area contributed by atoms with Crippen LogP contribution in [0.4, 0.5) is 4.79 Å². The Morgan fingerprint density at radius 2 is 1.90 bits per heavy atom. The summed E-state index contributed by atoms with van der Waals surface area (Å²) in [4.78, 5) is 24.3. The molecule has 0 spiro atoms. The smallest absolute Gasteiger partial charge is 0.315 e. The van der Waals surface area contributed by atoms with E-state index >= 15 is 0 Å². The zero-order chi connectivity index (χ0) is 15.5. The Morgan fingerprint density at radius 3 is 2.40 bits per heavy atom. The minimum Gasteiger partial charge on any atom is -0.481 e. The van der Waals surface area contributed by atoms with E-state index in [9.17, 15) is 9.59 Å². The maximum absolute atomic E-state index is 11.6. The topological polar surface area (TPSA) is 90.9 Å². The van der Waals surface area contributed by atoms with E-state index in [4.69, 9.17) is 9.84 Å². The largest absolute Gasteiger partial charge is 0.481 e. The Labute approximate surface area is 120 Å². The molecule has 1 unspecified atom stereocenters. The van der Waals surface area contributed by atoms with Crippen LogP contribution in [0.2, 0.25) is 0 Å². The molecule has 0 aromatic heterocycles. The van der Waals surface area contributed by atoms with Gasteiger partial charge < -0.3 is 25.4 Å². The van der Waals surface area contributed by atoms with E-state index in [1.807, 2.05) is 32.8 Å². The van der Waals surface area contributed by atoms with Gasteiger partial charge in [-0.15, -0.1) is 0 Å². The molecule has 20 heavy (non-hydrogen) atoms. The number of carboxylic acids is 1. The number of carbonyl (C=O) groups excluding carboxylic acids is 1. The third-order valence-corrected chi connectivity index (χ3v) is 2.73. The molecule has 7 heteroatoms. The summed E-state index contributed by atoms with van der Waals surface area (Å²) in [5.74, 6) is -0.857. The molecule has 0 saturated heterocycles. The summed E-state index contributed by atoms with van der Waals surface area (Å²) >= 11 is 0. The Hall–Kier alpha value is -1.34. The molecule has 0 aromatic carbocycles. The number of rotatable bonds is 10. The van der Waals surface area contributed by atoms with Gasteiger partial charge in [-0.05, 0) is 20.0 Å². The second-order valence-corrected chi connectivity index (χ2v) is 5.26. The third-order valence-electron chi connectivity index (χ3n) is 2.73. The van der Waals surface area contributed by atoms with Gasteiger partial charge in [-0.25, -0.2) is 4.79 Å². The number of likely N-dealkylation sites (N-methyl/N-ethyl adjacent to an activating group) is 1. The second-order valence-electron chi connectivity index (χ2n) is 5.26. The van der Waals surface area contributed by atoms with Gasteiger partial charge in [-0.1, -0.05) is 13.8 Å². The molecule has 2 amide bonds. The first-order chi connectivity index (χ1) is 9.32. The van der Waals surface area contributed by atoms with Crippen LogP contribution in [0, 0.1) is 5.92 Å². The molecule has 0 saturated carbocycles. The van der Waals surface area contributed by atoms with Crippen molar-refractivity contribution in [3.63, 3.8) is 0 Å². The van der Waals surface area contributed by atoms with Crippen LogP contribution in [0.5, 0.6) is 0 Å². The summed E-state index contributed by atoms with van der Waals surface area (Å²) < 4.78 is 5.33. The van der Waals surface area contributed by atoms with Crippen molar-refractivity contribution in [2.75, 3.05) is 40.4 Å². The molecule has 0 aliphatic rings. The summed E-state index contributed by atoms with van der Waals surface area (Å²) in [6.45, 7) is 6.03. The molecule has 0 heterocycles. The molecule has 0 bridgehead atoms. The van der Waals surface area contributed by atoms with Gasteiger partial charge in [0.05, 0.1) is 19.6 Å². The van der Waals surface area contributed by atoms with E-state index in [0.29, 0.717) is 19.8 Å². The predicted molar refractivity (Wildman–Crippen MR) is 76.8 cm³/mol. The van der Waals surface area contributed by atoms with Crippen LogP contribution in [0.3, 0.4) is 0 Å². The SMILES string of the molecule is CC(C)C(CC(=O)O)NC(=O)NCCOCCN(C)C. The molecule has 7 nitrogen and oxygen atoms in total. The standard InChI is InChI=1S/C13H27N3O4/c1-10(2)11(9-12(17)18)15-13(19)14-5-7-20-8-6-16(3)4/h10-11H,5-9H2,1-4H3,(H,17,18)(H2,14,15,19). The first kappa shape index (κ1) is 18.7. The number of hydrogen-bond donors (Lipinski definition) is 3. The van der Waals surface area contributed by atoms with Crippen LogP contribution >= 0.6 is 0 Å². The van der Waals surface area contributed by atoms with Crippen LogP contribution in [-0.4, -0.2) is 68.4 Å². The average molecular weight is 289 g/mol. The molecular formula is C13H27N3O4. The predicted octanol–water partition coefficient (Wildman–Crippen LogP) is 0.363. The zero-order valence-corrected chi connectivity index (χ0v) is 12.8. The highest BCUT2D eigenvalue weighted by Gasteiger charge is 2.18. The molecular weight excluding hydrogens is 262 g/mol. The maximum Gasteiger partial charge on any atom is 0.315 e. The number of nitrogens with zero attached hydrogens (tertiary/aromatic N) is 1. The van der Waals surface area contributed by atoms with Gasteiger partial charge >= 0.3 is 12.0 Å². The highest BCUT2D eigenvalue weighted by atomic mass is 16.5. The van der Waals surface area contributed by atoms with Crippen LogP contribution < -0.4 is 10.6 Å². The van der Waals surface area contributed by atoms with Crippen molar-refractivity contribution in [2.24, 2.45) is 5.92 Å². The minimum atomic E-state index is -0.920. The van der Waals surface area contributed by atoms with E-state index in [0.717, 1.165) is 6.54 Å². The number of aliphatic carboxylic acids is 1. The lowest BCUT2D eigenvalue weighted by Crippen LogP contribution is -2.46. The fourth-order valence-electron chi connectivity index (χ4n) is 1.45. The van der Waals surface area contributed by atoms with Crippen molar-refractivity contribution >= 4 is 12.0 Å². The molecule has 0 aliphatic heterocycles. The summed E-state index contributed by atoms with van der Waals surface area (Å²) in [6, 6.07) is -0.733. The molecule has 0 rings (SSSR count). The maximum atomic E-state index is 11.6. The quantitative estimate of drug-likeness (QED) is 0.505. The first-order valence-corrected chi connectivity index (χ1v) is 6.81. The fraction of sp³-hybridized carbons (Fsp3) is 0.846. The van der Waals surface area contributed by atoms with Crippen LogP contribution in [0.15, 0.2) is 0 Å². The molecule has 1 atom stereocenters. The summed E-state index contributed by atoms with van der Waals surface area (Å²) in [5, 5.41) is 14.1. The number of amides is 2. The lowest BCUT2D eigenvalue weighted by molar-refractivity contribution is -0.137. The Morgan fingerprint density at radius 1 is 1.25 bits per heavy atom. The number of carbonyl (C=O) groups is 2. The van der Waals surface area contributed by atoms with Crippen molar-refractivity contribution in [3.05, 3.63) is 0 Å². The van der Waals surface area contributed by atoms with Crippen LogP contribution in [-0.2, 0) is 9.53 Å². The van der Waals surface area contributed by atoms with Crippen molar-refractivity contribution in [1.29, 1.82) is 0 Å². The second kappa shape index (κ2) is 10.4. The molecule has 0 aliphatic carbocycles. The molecule has 118 valence electrons. The minimum absolute atomic E-state index is 0.0631. The van der Waals surface area contributed by atoms with E-state index in [1.54, 1.807) is 0 Å². The highest BCUT2D eigenvalue weighted by Crippen LogP contribution is 2.05. The number of urea groups is 1. The number of ether oxygens (including phenoxy) is 1. The fourth-order valence-corrected chi connectivity index (χ4v) is 1.45. The van der Waals surface area contributed by atoms with Crippen molar-refractivity contribution in [3.8, 4) is 0 Å². The Balaban J connectivity index is 3.77. The number of carboxylic acid groups (broad SMARTS) is 1. The number of hydrogen-bond acceptors (Lipinski definition) is 4. The van der Waals surface area contributed by atoms with Gasteiger partial charge in [-0.3, -0.25) is 4.79 Å². The van der Waals surface area contributed by atoms with Gasteiger partial charge in [-0.2, -0.15) is 0 Å². The monoisotopic (exact) mass is 289 g/mol. The van der Waals surface area contributed by atoms with Crippen molar-refractivity contribution < 1.29 is 19.4 Å². The van der Waals surface area contributed by atoms with Crippen molar-refractivity contribution in [1.82, 2.24) is 15.5 Å². The van der Waals surface area contributed by atoms with Gasteiger partial charge in [0.15, 0.2) is 0 Å². The molecule has 3 N–H and O–H groups in total. The van der Waals surface area contributed by atoms with Gasteiger partial charge in [0, 0.05) is 19.1 Å². The zero-order valence-electron chi connectivity index (χ0n) is 12.8. The first-order valence-electron chi connectivity index (χ1n) is 6.81. The lowest BCUT2D eigenvalue weighted by atomic mass is 10.0. The Bertz CT molecular complexity index is 295. The van der Waals surface area contributed by atoms with E-state index in [-0.39, 0.29) is 24.4 Å². The Kier molecular flexibility index (Phi) is 9.75. The van der Waals surface area contributed by atoms with Gasteiger partial charge in [0.25, 0.3) is 0 Å². The third kappa shape index (κ3) is 10.6. The van der Waals surface area contributed by atoms with Gasteiger partial charge in [0.2, 0.25) is 0 Å². The lowest BCUT2D eigenvalue weighted by Gasteiger charge is -2.20. The highest BCUT2D eigenvalue weighted by molar-refractivity contribution is 5.75. The summed E-state index contributed by atoms with van der Waals surface area (Å²) in [5.41, 5.74) is 0.